The number of hydrogen-bond acceptors (Lipinski definition) is 5. The third-order valence-corrected chi connectivity index (χ3v) is 5.76. The maximum absolute atomic E-state index is 12.2. The van der Waals surface area contributed by atoms with Gasteiger partial charge in [0.25, 0.3) is 0 Å². The Balaban J connectivity index is 1.75. The molecule has 27 heavy (non-hydrogen) atoms. The molecule has 0 aliphatic heterocycles. The average molecular weight is 380 g/mol. The largest absolute Gasteiger partial charge is 0.452 e. The molecule has 1 N–H and O–H groups in total. The highest BCUT2D eigenvalue weighted by atomic mass is 16.5. The molecule has 0 aromatic carbocycles. The minimum absolute atomic E-state index is 0.0831. The normalized spacial score (nSPS) is 23.9. The summed E-state index contributed by atoms with van der Waals surface area (Å²) in [4.78, 5) is 27.8. The Morgan fingerprint density at radius 1 is 1.41 bits per heavy atom. The molecule has 0 bridgehead atoms. The molecule has 7 nitrogen and oxygen atoms in total. The van der Waals surface area contributed by atoms with Crippen LogP contribution in [0.15, 0.2) is 12.5 Å². The van der Waals surface area contributed by atoms with Crippen LogP contribution in [0.3, 0.4) is 0 Å². The predicted molar refractivity (Wildman–Crippen MR) is 102 cm³/mol. The van der Waals surface area contributed by atoms with Crippen LogP contribution in [0.5, 0.6) is 0 Å². The van der Waals surface area contributed by atoms with E-state index in [-0.39, 0.29) is 24.7 Å². The minimum atomic E-state index is -0.486. The number of hydrogen-bond donors (Lipinski definition) is 1. The third kappa shape index (κ3) is 6.06. The van der Waals surface area contributed by atoms with Gasteiger partial charge in [0.1, 0.15) is 12.9 Å². The van der Waals surface area contributed by atoms with Crippen molar-refractivity contribution in [1.29, 1.82) is 0 Å². The summed E-state index contributed by atoms with van der Waals surface area (Å²) in [5.41, 5.74) is 1.01. The summed E-state index contributed by atoms with van der Waals surface area (Å²) in [7, 11) is 1.32. The fraction of sp³-hybridized carbons (Fsp3) is 0.750. The molecule has 152 valence electrons. The maximum Gasteiger partial charge on any atom is 0.418 e. The van der Waals surface area contributed by atoms with Crippen molar-refractivity contribution in [3.05, 3.63) is 18.2 Å². The van der Waals surface area contributed by atoms with Gasteiger partial charge in [-0.25, -0.2) is 14.3 Å². The van der Waals surface area contributed by atoms with E-state index >= 15 is 0 Å². The molecular weight excluding hydrogens is 346 g/mol. The summed E-state index contributed by atoms with van der Waals surface area (Å²) < 4.78 is 11.8. The van der Waals surface area contributed by atoms with Gasteiger partial charge >= 0.3 is 6.09 Å². The number of carbonyl (C=O) groups is 2. The minimum Gasteiger partial charge on any atom is -0.452 e. The molecular formula is C20H33N3O4. The standard InChI is InChI=1S/C20H33N3O4/c1-14(2)20(4)8-6-7-17(10-20)27-12-18(24)22-15(3)9-16-11-23(13-21-16)19(25)26-5/h11,13-15,17H,6-10,12H2,1-5H3,(H,22,24)/t15-,17?,20?/m1/s1. The Labute approximate surface area is 161 Å². The van der Waals surface area contributed by atoms with E-state index in [0.29, 0.717) is 23.4 Å². The molecule has 1 heterocycles. The molecule has 1 saturated carbocycles. The fourth-order valence-corrected chi connectivity index (χ4v) is 3.67. The first-order chi connectivity index (χ1) is 12.7. The third-order valence-electron chi connectivity index (χ3n) is 5.76. The van der Waals surface area contributed by atoms with Crippen LogP contribution in [-0.2, 0) is 20.7 Å². The number of nitrogens with one attached hydrogen (secondary N) is 1. The van der Waals surface area contributed by atoms with Crippen LogP contribution >= 0.6 is 0 Å². The lowest BCUT2D eigenvalue weighted by molar-refractivity contribution is -0.130. The van der Waals surface area contributed by atoms with E-state index in [2.05, 4.69) is 35.8 Å². The molecule has 1 aliphatic rings. The Bertz CT molecular complexity index is 643. The van der Waals surface area contributed by atoms with Gasteiger partial charge in [-0.05, 0) is 37.5 Å². The zero-order chi connectivity index (χ0) is 20.0. The fourth-order valence-electron chi connectivity index (χ4n) is 3.67. The Kier molecular flexibility index (Phi) is 7.41. The summed E-state index contributed by atoms with van der Waals surface area (Å²) in [5, 5.41) is 2.93. The lowest BCUT2D eigenvalue weighted by atomic mass is 9.67. The number of amides is 1. The van der Waals surface area contributed by atoms with Crippen molar-refractivity contribution >= 4 is 12.0 Å². The molecule has 3 atom stereocenters. The molecule has 1 aliphatic carbocycles. The SMILES string of the molecule is COC(=O)n1cnc(C[C@@H](C)NC(=O)COC2CCCC(C)(C(C)C)C2)c1. The van der Waals surface area contributed by atoms with Crippen LogP contribution < -0.4 is 5.32 Å². The van der Waals surface area contributed by atoms with Crippen molar-refractivity contribution in [1.82, 2.24) is 14.9 Å². The number of methoxy groups -OCH3 is 1. The van der Waals surface area contributed by atoms with Crippen LogP contribution in [0.25, 0.3) is 0 Å². The lowest BCUT2D eigenvalue weighted by Crippen LogP contribution is -2.39. The Hall–Kier alpha value is -1.89. The van der Waals surface area contributed by atoms with Crippen molar-refractivity contribution in [3.63, 3.8) is 0 Å². The van der Waals surface area contributed by atoms with E-state index in [0.717, 1.165) is 19.3 Å². The first kappa shape index (κ1) is 21.4. The molecule has 1 amide bonds. The number of carbonyl (C=O) groups excluding carboxylic acids is 2. The molecule has 2 rings (SSSR count). The molecule has 1 fully saturated rings. The van der Waals surface area contributed by atoms with Gasteiger partial charge in [-0.15, -0.1) is 0 Å². The van der Waals surface area contributed by atoms with E-state index in [1.165, 1.54) is 24.4 Å². The van der Waals surface area contributed by atoms with Gasteiger partial charge in [0.2, 0.25) is 5.91 Å². The topological polar surface area (TPSA) is 82.5 Å². The van der Waals surface area contributed by atoms with E-state index < -0.39 is 6.09 Å². The second-order valence-corrected chi connectivity index (χ2v) is 8.25. The highest BCUT2D eigenvalue weighted by Crippen LogP contribution is 2.42. The van der Waals surface area contributed by atoms with Crippen LogP contribution in [0.4, 0.5) is 4.79 Å². The van der Waals surface area contributed by atoms with Gasteiger partial charge in [-0.2, -0.15) is 0 Å². The summed E-state index contributed by atoms with van der Waals surface area (Å²) >= 11 is 0. The summed E-state index contributed by atoms with van der Waals surface area (Å²) in [5.74, 6) is 0.495. The van der Waals surface area contributed by atoms with Gasteiger partial charge in [0.05, 0.1) is 18.9 Å². The molecule has 0 radical (unpaired) electrons. The van der Waals surface area contributed by atoms with Crippen molar-refractivity contribution in [2.45, 2.75) is 71.9 Å². The van der Waals surface area contributed by atoms with E-state index in [9.17, 15) is 9.59 Å². The molecule has 0 saturated heterocycles. The molecule has 7 heteroatoms. The molecule has 1 aromatic heterocycles. The van der Waals surface area contributed by atoms with Crippen molar-refractivity contribution in [3.8, 4) is 0 Å². The van der Waals surface area contributed by atoms with E-state index in [1.807, 2.05) is 6.92 Å². The molecule has 0 spiro atoms. The van der Waals surface area contributed by atoms with Gasteiger partial charge in [0, 0.05) is 18.7 Å². The number of rotatable bonds is 7. The van der Waals surface area contributed by atoms with E-state index in [4.69, 9.17) is 4.74 Å². The second kappa shape index (κ2) is 9.35. The highest BCUT2D eigenvalue weighted by Gasteiger charge is 2.35. The zero-order valence-electron chi connectivity index (χ0n) is 17.2. The highest BCUT2D eigenvalue weighted by molar-refractivity contribution is 5.77. The quantitative estimate of drug-likeness (QED) is 0.787. The second-order valence-electron chi connectivity index (χ2n) is 8.25. The monoisotopic (exact) mass is 379 g/mol. The first-order valence-electron chi connectivity index (χ1n) is 9.75. The van der Waals surface area contributed by atoms with Crippen LogP contribution in [-0.4, -0.2) is 47.4 Å². The number of aromatic nitrogens is 2. The maximum atomic E-state index is 12.2. The van der Waals surface area contributed by atoms with Gasteiger partial charge in [0.15, 0.2) is 0 Å². The predicted octanol–water partition coefficient (Wildman–Crippen LogP) is 3.17. The van der Waals surface area contributed by atoms with Gasteiger partial charge in [-0.3, -0.25) is 4.79 Å². The lowest BCUT2D eigenvalue weighted by Gasteiger charge is -2.41. The van der Waals surface area contributed by atoms with Crippen molar-refractivity contribution in [2.24, 2.45) is 11.3 Å². The van der Waals surface area contributed by atoms with Gasteiger partial charge < -0.3 is 14.8 Å². The summed E-state index contributed by atoms with van der Waals surface area (Å²) in [6.07, 6.45) is 7.64. The first-order valence-corrected chi connectivity index (χ1v) is 9.75. The summed E-state index contributed by atoms with van der Waals surface area (Å²) in [6.45, 7) is 8.84. The molecule has 2 unspecified atom stereocenters. The number of imidazole rings is 1. The Morgan fingerprint density at radius 2 is 2.15 bits per heavy atom. The van der Waals surface area contributed by atoms with E-state index in [1.54, 1.807) is 6.20 Å². The van der Waals surface area contributed by atoms with Crippen molar-refractivity contribution < 1.29 is 19.1 Å². The number of nitrogens with zero attached hydrogens (tertiary/aromatic N) is 2. The van der Waals surface area contributed by atoms with Gasteiger partial charge in [-0.1, -0.05) is 27.2 Å². The van der Waals surface area contributed by atoms with Crippen LogP contribution in [0.1, 0.15) is 59.1 Å². The zero-order valence-corrected chi connectivity index (χ0v) is 17.2. The van der Waals surface area contributed by atoms with Crippen LogP contribution in [0, 0.1) is 11.3 Å². The smallest absolute Gasteiger partial charge is 0.418 e. The summed E-state index contributed by atoms with van der Waals surface area (Å²) in [6, 6.07) is -0.102. The number of ether oxygens (including phenoxy) is 2. The molecule has 1 aromatic rings. The van der Waals surface area contributed by atoms with Crippen molar-refractivity contribution in [2.75, 3.05) is 13.7 Å². The average Bonchev–Trinajstić information content (AvgIpc) is 3.07. The Morgan fingerprint density at radius 3 is 2.81 bits per heavy atom. The van der Waals surface area contributed by atoms with Crippen LogP contribution in [0.2, 0.25) is 0 Å².